The van der Waals surface area contributed by atoms with Gasteiger partial charge < -0.3 is 13.6 Å². The number of hydrogen-bond donors (Lipinski definition) is 0. The van der Waals surface area contributed by atoms with Crippen molar-refractivity contribution in [3.63, 3.8) is 0 Å². The molecule has 0 saturated heterocycles. The summed E-state index contributed by atoms with van der Waals surface area (Å²) in [5.74, 6) is 0. The minimum absolute atomic E-state index is 0.611. The number of pyridine rings is 1. The zero-order valence-corrected chi connectivity index (χ0v) is 25.1. The Morgan fingerprint density at radius 1 is 0.489 bits per heavy atom. The molecule has 10 rings (SSSR count). The third kappa shape index (κ3) is 3.73. The first-order chi connectivity index (χ1) is 23.2. The molecule has 0 amide bonds. The Balaban J connectivity index is 1.20. The van der Waals surface area contributed by atoms with Crippen LogP contribution in [0.3, 0.4) is 0 Å². The number of nitriles is 1. The fourth-order valence-electron chi connectivity index (χ4n) is 7.32. The van der Waals surface area contributed by atoms with Crippen molar-refractivity contribution in [1.82, 2.24) is 14.1 Å². The maximum atomic E-state index is 10.2. The highest BCUT2D eigenvalue weighted by Crippen LogP contribution is 2.39. The molecule has 4 heterocycles. The molecule has 10 aromatic rings. The Hall–Kier alpha value is -6.64. The van der Waals surface area contributed by atoms with Crippen molar-refractivity contribution in [1.29, 1.82) is 5.26 Å². The lowest BCUT2D eigenvalue weighted by molar-refractivity contribution is 0.669. The molecule has 0 saturated carbocycles. The smallest absolute Gasteiger partial charge is 0.136 e. The number of furan rings is 1. The molecule has 0 aliphatic rings. The Bertz CT molecular complexity index is 2880. The average Bonchev–Trinajstić information content (AvgIpc) is 3.78. The van der Waals surface area contributed by atoms with E-state index in [1.807, 2.05) is 42.6 Å². The summed E-state index contributed by atoms with van der Waals surface area (Å²) >= 11 is 0. The van der Waals surface area contributed by atoms with Crippen LogP contribution in [0.5, 0.6) is 0 Å². The summed E-state index contributed by atoms with van der Waals surface area (Å²) in [4.78, 5) is 4.81. The lowest BCUT2D eigenvalue weighted by Crippen LogP contribution is -1.97. The van der Waals surface area contributed by atoms with E-state index >= 15 is 0 Å². The topological polar surface area (TPSA) is 59.7 Å². The van der Waals surface area contributed by atoms with Crippen LogP contribution in [-0.4, -0.2) is 14.1 Å². The monoisotopic (exact) mass is 600 g/mol. The lowest BCUT2D eigenvalue weighted by Gasteiger charge is -2.13. The van der Waals surface area contributed by atoms with Crippen LogP contribution in [-0.2, 0) is 0 Å². The van der Waals surface area contributed by atoms with Gasteiger partial charge in [0.1, 0.15) is 11.2 Å². The normalized spacial score (nSPS) is 11.8. The van der Waals surface area contributed by atoms with E-state index in [1.54, 1.807) is 0 Å². The summed E-state index contributed by atoms with van der Waals surface area (Å²) in [6.45, 7) is 0. The number of rotatable bonds is 3. The van der Waals surface area contributed by atoms with Gasteiger partial charge in [0.15, 0.2) is 0 Å². The van der Waals surface area contributed by atoms with Crippen molar-refractivity contribution in [2.75, 3.05) is 0 Å². The van der Waals surface area contributed by atoms with Gasteiger partial charge in [-0.1, -0.05) is 66.7 Å². The highest BCUT2D eigenvalue weighted by Gasteiger charge is 2.18. The SMILES string of the molecule is N#Cc1cc(-c2cccc(-n3c4cc5c(cc4c4ncccc43)oc3ccccc35)c2)cc(-n2c3ccccc3c3ccccc32)c1. The minimum Gasteiger partial charge on any atom is -0.456 e. The summed E-state index contributed by atoms with van der Waals surface area (Å²) in [6.07, 6.45) is 1.84. The maximum absolute atomic E-state index is 10.2. The fraction of sp³-hybridized carbons (Fsp3) is 0. The number of benzene rings is 6. The second kappa shape index (κ2) is 9.68. The summed E-state index contributed by atoms with van der Waals surface area (Å²) in [7, 11) is 0. The molecule has 0 fully saturated rings. The molecule has 0 N–H and O–H groups in total. The van der Waals surface area contributed by atoms with E-state index in [9.17, 15) is 5.26 Å². The molecule has 0 atom stereocenters. The summed E-state index contributed by atoms with van der Waals surface area (Å²) in [5.41, 5.74) is 11.5. The van der Waals surface area contributed by atoms with Crippen molar-refractivity contribution >= 4 is 65.7 Å². The molecule has 5 nitrogen and oxygen atoms in total. The first kappa shape index (κ1) is 25.7. The molecule has 5 heteroatoms. The van der Waals surface area contributed by atoms with Gasteiger partial charge in [-0.05, 0) is 83.9 Å². The highest BCUT2D eigenvalue weighted by molar-refractivity contribution is 6.16. The Morgan fingerprint density at radius 3 is 2.00 bits per heavy atom. The van der Waals surface area contributed by atoms with Gasteiger partial charge in [-0.25, -0.2) is 0 Å². The Labute approximate surface area is 268 Å². The van der Waals surface area contributed by atoms with Gasteiger partial charge in [0.05, 0.1) is 39.2 Å². The summed E-state index contributed by atoms with van der Waals surface area (Å²) < 4.78 is 10.8. The molecule has 0 bridgehead atoms. The lowest BCUT2D eigenvalue weighted by atomic mass is 10.0. The predicted molar refractivity (Wildman–Crippen MR) is 190 cm³/mol. The molecule has 0 aliphatic heterocycles. The quantitative estimate of drug-likeness (QED) is 0.203. The fourth-order valence-corrected chi connectivity index (χ4v) is 7.32. The Morgan fingerprint density at radius 2 is 1.19 bits per heavy atom. The van der Waals surface area contributed by atoms with E-state index < -0.39 is 0 Å². The van der Waals surface area contributed by atoms with Crippen molar-refractivity contribution in [3.8, 4) is 28.6 Å². The van der Waals surface area contributed by atoms with Crippen LogP contribution in [0, 0.1) is 11.3 Å². The van der Waals surface area contributed by atoms with Gasteiger partial charge >= 0.3 is 0 Å². The third-order valence-electron chi connectivity index (χ3n) is 9.34. The second-order valence-corrected chi connectivity index (χ2v) is 12.0. The van der Waals surface area contributed by atoms with Crippen LogP contribution in [0.2, 0.25) is 0 Å². The van der Waals surface area contributed by atoms with Crippen molar-refractivity contribution in [2.24, 2.45) is 0 Å². The van der Waals surface area contributed by atoms with Crippen LogP contribution >= 0.6 is 0 Å². The maximum Gasteiger partial charge on any atom is 0.136 e. The Kier molecular flexibility index (Phi) is 5.28. The van der Waals surface area contributed by atoms with Gasteiger partial charge in [-0.2, -0.15) is 5.26 Å². The first-order valence-corrected chi connectivity index (χ1v) is 15.6. The number of fused-ring (bicyclic) bond motifs is 9. The molecule has 6 aromatic carbocycles. The summed E-state index contributed by atoms with van der Waals surface area (Å²) in [5, 5.41) is 15.7. The number of aromatic nitrogens is 3. The minimum atomic E-state index is 0.611. The third-order valence-corrected chi connectivity index (χ3v) is 9.34. The molecule has 0 radical (unpaired) electrons. The van der Waals surface area contributed by atoms with E-state index in [1.165, 1.54) is 10.8 Å². The molecule has 0 unspecified atom stereocenters. The van der Waals surface area contributed by atoms with Crippen LogP contribution in [0.15, 0.2) is 150 Å². The molecule has 218 valence electrons. The van der Waals surface area contributed by atoms with Crippen molar-refractivity contribution < 1.29 is 4.42 Å². The predicted octanol–water partition coefficient (Wildman–Crippen LogP) is 10.7. The molecule has 0 spiro atoms. The van der Waals surface area contributed by atoms with Crippen LogP contribution in [0.25, 0.3) is 88.2 Å². The highest BCUT2D eigenvalue weighted by atomic mass is 16.3. The van der Waals surface area contributed by atoms with Gasteiger partial charge in [0, 0.05) is 44.5 Å². The van der Waals surface area contributed by atoms with Gasteiger partial charge in [-0.15, -0.1) is 0 Å². The first-order valence-electron chi connectivity index (χ1n) is 15.6. The van der Waals surface area contributed by atoms with Gasteiger partial charge in [-0.3, -0.25) is 4.98 Å². The molecule has 0 aliphatic carbocycles. The molecule has 47 heavy (non-hydrogen) atoms. The van der Waals surface area contributed by atoms with Crippen LogP contribution in [0.1, 0.15) is 5.56 Å². The zero-order chi connectivity index (χ0) is 31.1. The molecule has 4 aromatic heterocycles. The van der Waals surface area contributed by atoms with E-state index in [0.717, 1.165) is 77.4 Å². The standard InChI is InChI=1S/C42H24N4O/c43-25-26-19-28(22-30(20-26)46-36-14-4-1-11-31(36)32-12-2-5-15-37(32)46)27-9-7-10-29(21-27)45-38-16-8-18-44-42(38)35-24-41-34(23-39(35)45)33-13-3-6-17-40(33)47-41/h1-24H. The van der Waals surface area contributed by atoms with E-state index in [0.29, 0.717) is 5.56 Å². The largest absolute Gasteiger partial charge is 0.456 e. The van der Waals surface area contributed by atoms with Crippen LogP contribution in [0.4, 0.5) is 0 Å². The van der Waals surface area contributed by atoms with Gasteiger partial charge in [0.2, 0.25) is 0 Å². The summed E-state index contributed by atoms with van der Waals surface area (Å²) in [6, 6.07) is 50.6. The van der Waals surface area contributed by atoms with E-state index in [2.05, 4.69) is 118 Å². The number of hydrogen-bond acceptors (Lipinski definition) is 3. The zero-order valence-electron chi connectivity index (χ0n) is 25.1. The second-order valence-electron chi connectivity index (χ2n) is 12.0. The number of para-hydroxylation sites is 3. The van der Waals surface area contributed by atoms with Crippen LogP contribution < -0.4 is 0 Å². The average molecular weight is 601 g/mol. The van der Waals surface area contributed by atoms with Crippen molar-refractivity contribution in [3.05, 3.63) is 151 Å². The molecular weight excluding hydrogens is 576 g/mol. The van der Waals surface area contributed by atoms with E-state index in [4.69, 9.17) is 9.40 Å². The molecular formula is C42H24N4O. The van der Waals surface area contributed by atoms with Gasteiger partial charge in [0.25, 0.3) is 0 Å². The number of nitrogens with zero attached hydrogens (tertiary/aromatic N) is 4. The van der Waals surface area contributed by atoms with Crippen molar-refractivity contribution in [2.45, 2.75) is 0 Å². The van der Waals surface area contributed by atoms with E-state index in [-0.39, 0.29) is 0 Å².